The van der Waals surface area contributed by atoms with Gasteiger partial charge >= 0.3 is 0 Å². The number of rotatable bonds is 7. The van der Waals surface area contributed by atoms with Gasteiger partial charge in [-0.05, 0) is 29.1 Å². The number of nitrogens with one attached hydrogen (secondary N) is 2. The van der Waals surface area contributed by atoms with E-state index in [0.717, 1.165) is 11.3 Å². The number of aromatic nitrogens is 2. The van der Waals surface area contributed by atoms with Crippen LogP contribution in [0.5, 0.6) is 0 Å². The van der Waals surface area contributed by atoms with Crippen molar-refractivity contribution in [3.8, 4) is 0 Å². The number of hydrogen-bond donors (Lipinski definition) is 2. The molecule has 0 atom stereocenters. The molecule has 0 saturated heterocycles. The van der Waals surface area contributed by atoms with Gasteiger partial charge in [0, 0.05) is 5.69 Å². The van der Waals surface area contributed by atoms with E-state index in [4.69, 9.17) is 0 Å². The van der Waals surface area contributed by atoms with Crippen LogP contribution < -0.4 is 10.0 Å². The van der Waals surface area contributed by atoms with Crippen LogP contribution in [0.1, 0.15) is 17.0 Å². The van der Waals surface area contributed by atoms with Crippen molar-refractivity contribution in [1.29, 1.82) is 0 Å². The first-order valence-electron chi connectivity index (χ1n) is 7.40. The van der Waals surface area contributed by atoms with Crippen molar-refractivity contribution in [3.63, 3.8) is 0 Å². The van der Waals surface area contributed by atoms with Gasteiger partial charge in [0.05, 0.1) is 6.42 Å². The molecule has 1 amide bonds. The first kappa shape index (κ1) is 19.3. The lowest BCUT2D eigenvalue weighted by molar-refractivity contribution is -0.115. The minimum Gasteiger partial charge on any atom is -0.300 e. The van der Waals surface area contributed by atoms with Gasteiger partial charge in [0.25, 0.3) is 16.4 Å². The zero-order valence-electron chi connectivity index (χ0n) is 13.4. The van der Waals surface area contributed by atoms with Crippen LogP contribution in [0.4, 0.5) is 19.6 Å². The molecule has 12 heteroatoms. The fourth-order valence-corrected chi connectivity index (χ4v) is 4.70. The van der Waals surface area contributed by atoms with Crippen LogP contribution in [0.2, 0.25) is 0 Å². The molecule has 27 heavy (non-hydrogen) atoms. The topological polar surface area (TPSA) is 101 Å². The molecular formula is C15H12F2N4O3S3. The lowest BCUT2D eigenvalue weighted by Crippen LogP contribution is -2.14. The third kappa shape index (κ3) is 5.05. The number of amides is 1. The lowest BCUT2D eigenvalue weighted by atomic mass is 10.1. The number of anilines is 2. The third-order valence-electron chi connectivity index (χ3n) is 3.20. The third-order valence-corrected chi connectivity index (χ3v) is 6.83. The molecule has 2 N–H and O–H groups in total. The van der Waals surface area contributed by atoms with E-state index in [9.17, 15) is 22.0 Å². The molecule has 0 bridgehead atoms. The number of thiophene rings is 1. The number of alkyl halides is 2. The number of carbonyl (C=O) groups excluding carboxylic acids is 1. The van der Waals surface area contributed by atoms with Crippen LogP contribution >= 0.6 is 22.7 Å². The number of sulfonamides is 1. The van der Waals surface area contributed by atoms with E-state index in [2.05, 4.69) is 20.2 Å². The predicted molar refractivity (Wildman–Crippen MR) is 98.8 cm³/mol. The van der Waals surface area contributed by atoms with Crippen LogP contribution in [0, 0.1) is 0 Å². The fourth-order valence-electron chi connectivity index (χ4n) is 2.03. The summed E-state index contributed by atoms with van der Waals surface area (Å²) in [6.45, 7) is 0. The van der Waals surface area contributed by atoms with Crippen molar-refractivity contribution in [3.05, 3.63) is 52.3 Å². The molecule has 0 radical (unpaired) electrons. The van der Waals surface area contributed by atoms with Gasteiger partial charge in [-0.15, -0.1) is 21.5 Å². The summed E-state index contributed by atoms with van der Waals surface area (Å²) < 4.78 is 51.9. The Hall–Kier alpha value is -2.44. The average Bonchev–Trinajstić information content (AvgIpc) is 3.28. The van der Waals surface area contributed by atoms with Crippen molar-refractivity contribution in [2.45, 2.75) is 17.1 Å². The van der Waals surface area contributed by atoms with Crippen LogP contribution in [-0.2, 0) is 21.2 Å². The first-order valence-corrected chi connectivity index (χ1v) is 10.6. The molecule has 0 aliphatic carbocycles. The Kier molecular flexibility index (Phi) is 5.77. The second-order valence-electron chi connectivity index (χ2n) is 5.21. The first-order chi connectivity index (χ1) is 12.8. The lowest BCUT2D eigenvalue weighted by Gasteiger charge is -2.07. The number of carbonyl (C=O) groups is 1. The summed E-state index contributed by atoms with van der Waals surface area (Å²) in [5, 5.41) is 10.4. The SMILES string of the molecule is O=C(Cc1ccc(NS(=O)(=O)c2cccs2)cc1)Nc1nnc(C(F)F)s1. The summed E-state index contributed by atoms with van der Waals surface area (Å²) in [4.78, 5) is 12.0. The highest BCUT2D eigenvalue weighted by Gasteiger charge is 2.16. The molecule has 2 heterocycles. The molecule has 3 aromatic rings. The predicted octanol–water partition coefficient (Wildman–Crippen LogP) is 3.52. The van der Waals surface area contributed by atoms with Gasteiger partial charge in [-0.25, -0.2) is 17.2 Å². The standard InChI is InChI=1S/C15H12F2N4O3S3/c16-13(17)14-19-20-15(26-14)18-11(22)8-9-3-5-10(6-4-9)21-27(23,24)12-2-1-7-25-12/h1-7,13,21H,8H2,(H,18,20,22). The minimum absolute atomic E-state index is 0.00405. The quantitative estimate of drug-likeness (QED) is 0.597. The monoisotopic (exact) mass is 430 g/mol. The molecule has 3 rings (SSSR count). The Labute approximate surface area is 161 Å². The van der Waals surface area contributed by atoms with E-state index in [-0.39, 0.29) is 15.8 Å². The van der Waals surface area contributed by atoms with Gasteiger partial charge in [0.15, 0.2) is 5.01 Å². The van der Waals surface area contributed by atoms with Gasteiger partial charge in [0.2, 0.25) is 11.0 Å². The Morgan fingerprint density at radius 1 is 1.15 bits per heavy atom. The maximum absolute atomic E-state index is 12.5. The molecule has 0 spiro atoms. The molecule has 2 aromatic heterocycles. The van der Waals surface area contributed by atoms with Crippen molar-refractivity contribution in [2.75, 3.05) is 10.0 Å². The Bertz CT molecular complexity index is 1020. The Morgan fingerprint density at radius 2 is 1.89 bits per heavy atom. The fraction of sp³-hybridized carbons (Fsp3) is 0.133. The summed E-state index contributed by atoms with van der Waals surface area (Å²) >= 11 is 1.71. The zero-order valence-corrected chi connectivity index (χ0v) is 15.9. The van der Waals surface area contributed by atoms with Crippen molar-refractivity contribution in [2.24, 2.45) is 0 Å². The maximum atomic E-state index is 12.5. The number of nitrogens with zero attached hydrogens (tertiary/aromatic N) is 2. The molecule has 0 saturated carbocycles. The molecule has 142 valence electrons. The van der Waals surface area contributed by atoms with E-state index >= 15 is 0 Å². The van der Waals surface area contributed by atoms with Gasteiger partial charge in [-0.1, -0.05) is 29.5 Å². The highest BCUT2D eigenvalue weighted by atomic mass is 32.2. The number of hydrogen-bond acceptors (Lipinski definition) is 7. The average molecular weight is 430 g/mol. The van der Waals surface area contributed by atoms with Crippen molar-refractivity contribution < 1.29 is 22.0 Å². The Morgan fingerprint density at radius 3 is 2.48 bits per heavy atom. The van der Waals surface area contributed by atoms with Gasteiger partial charge in [-0.3, -0.25) is 9.52 Å². The van der Waals surface area contributed by atoms with E-state index < -0.39 is 27.4 Å². The van der Waals surface area contributed by atoms with Gasteiger partial charge in [-0.2, -0.15) is 0 Å². The van der Waals surface area contributed by atoms with E-state index in [1.54, 1.807) is 23.6 Å². The number of halogens is 2. The number of benzene rings is 1. The summed E-state index contributed by atoms with van der Waals surface area (Å²) in [5.41, 5.74) is 0.975. The Balaban J connectivity index is 1.59. The second-order valence-corrected chi connectivity index (χ2v) is 9.07. The summed E-state index contributed by atoms with van der Waals surface area (Å²) in [7, 11) is -3.64. The van der Waals surface area contributed by atoms with E-state index in [1.807, 2.05) is 0 Å². The van der Waals surface area contributed by atoms with Gasteiger partial charge < -0.3 is 5.32 Å². The highest BCUT2D eigenvalue weighted by Crippen LogP contribution is 2.25. The zero-order chi connectivity index (χ0) is 19.4. The molecule has 7 nitrogen and oxygen atoms in total. The van der Waals surface area contributed by atoms with E-state index in [1.165, 1.54) is 18.2 Å². The summed E-state index contributed by atoms with van der Waals surface area (Å²) in [5.74, 6) is -0.445. The molecule has 0 fully saturated rings. The molecule has 0 aliphatic rings. The van der Waals surface area contributed by atoms with Crippen LogP contribution in [0.25, 0.3) is 0 Å². The highest BCUT2D eigenvalue weighted by molar-refractivity contribution is 7.94. The van der Waals surface area contributed by atoms with E-state index in [0.29, 0.717) is 22.6 Å². The molecule has 1 aromatic carbocycles. The second kappa shape index (κ2) is 8.06. The smallest absolute Gasteiger partial charge is 0.291 e. The van der Waals surface area contributed by atoms with Crippen LogP contribution in [0.15, 0.2) is 46.0 Å². The van der Waals surface area contributed by atoms with Gasteiger partial charge in [0.1, 0.15) is 4.21 Å². The summed E-state index contributed by atoms with van der Waals surface area (Å²) in [6.07, 6.45) is -2.76. The van der Waals surface area contributed by atoms with Crippen LogP contribution in [-0.4, -0.2) is 24.5 Å². The minimum atomic E-state index is -3.64. The van der Waals surface area contributed by atoms with Crippen LogP contribution in [0.3, 0.4) is 0 Å². The normalized spacial score (nSPS) is 11.5. The summed E-state index contributed by atoms with van der Waals surface area (Å²) in [6, 6.07) is 9.40. The maximum Gasteiger partial charge on any atom is 0.291 e. The van der Waals surface area contributed by atoms with Crippen molar-refractivity contribution >= 4 is 49.4 Å². The molecule has 0 unspecified atom stereocenters. The molecular weight excluding hydrogens is 418 g/mol. The largest absolute Gasteiger partial charge is 0.300 e. The molecule has 0 aliphatic heterocycles. The van der Waals surface area contributed by atoms with Crippen molar-refractivity contribution in [1.82, 2.24) is 10.2 Å².